The second-order valence-electron chi connectivity index (χ2n) is 6.15. The maximum Gasteiger partial charge on any atom is 0.248 e. The summed E-state index contributed by atoms with van der Waals surface area (Å²) in [6.07, 6.45) is 5.56. The summed E-state index contributed by atoms with van der Waals surface area (Å²) in [5, 5.41) is 0.982. The number of hydrogen-bond donors (Lipinski definition) is 1. The minimum atomic E-state index is -0.138. The third kappa shape index (κ3) is 3.58. The van der Waals surface area contributed by atoms with Gasteiger partial charge in [-0.25, -0.2) is 0 Å². The largest absolute Gasteiger partial charge is 0.334 e. The fourth-order valence-electron chi connectivity index (χ4n) is 3.48. The van der Waals surface area contributed by atoms with Crippen molar-refractivity contribution in [2.75, 3.05) is 5.88 Å². The van der Waals surface area contributed by atoms with Crippen LogP contribution in [0.25, 0.3) is 10.9 Å². The van der Waals surface area contributed by atoms with Gasteiger partial charge in [-0.3, -0.25) is 9.59 Å². The van der Waals surface area contributed by atoms with E-state index in [0.717, 1.165) is 42.1 Å². The van der Waals surface area contributed by atoms with Crippen molar-refractivity contribution in [2.45, 2.75) is 44.7 Å². The van der Waals surface area contributed by atoms with E-state index in [2.05, 4.69) is 4.98 Å². The van der Waals surface area contributed by atoms with E-state index >= 15 is 0 Å². The molecule has 1 saturated carbocycles. The lowest BCUT2D eigenvalue weighted by atomic mass is 9.93. The molecule has 122 valence electrons. The Hall–Kier alpha value is -1.81. The number of amides is 1. The van der Waals surface area contributed by atoms with Crippen LogP contribution in [0.1, 0.15) is 37.7 Å². The maximum absolute atomic E-state index is 12.3. The Morgan fingerprint density at radius 1 is 1.22 bits per heavy atom. The highest BCUT2D eigenvalue weighted by Crippen LogP contribution is 2.26. The number of pyridine rings is 1. The highest BCUT2D eigenvalue weighted by atomic mass is 35.5. The molecule has 1 aromatic heterocycles. The van der Waals surface area contributed by atoms with Crippen LogP contribution in [0.2, 0.25) is 0 Å². The number of rotatable bonds is 4. The van der Waals surface area contributed by atoms with Gasteiger partial charge in [-0.05, 0) is 24.5 Å². The first-order chi connectivity index (χ1) is 11.2. The van der Waals surface area contributed by atoms with Crippen molar-refractivity contribution in [2.24, 2.45) is 0 Å². The average molecular weight is 333 g/mol. The number of benzene rings is 1. The molecular weight excluding hydrogens is 312 g/mol. The number of para-hydroxylation sites is 1. The quantitative estimate of drug-likeness (QED) is 0.872. The summed E-state index contributed by atoms with van der Waals surface area (Å²) in [7, 11) is 0. The fraction of sp³-hybridized carbons (Fsp3) is 0.444. The molecular formula is C18H21ClN2O2. The van der Waals surface area contributed by atoms with E-state index in [4.69, 9.17) is 11.6 Å². The first-order valence-corrected chi connectivity index (χ1v) is 8.69. The Labute approximate surface area is 140 Å². The van der Waals surface area contributed by atoms with E-state index in [-0.39, 0.29) is 23.4 Å². The average Bonchev–Trinajstić information content (AvgIpc) is 2.59. The normalized spacial score (nSPS) is 15.7. The van der Waals surface area contributed by atoms with Crippen molar-refractivity contribution in [3.63, 3.8) is 0 Å². The summed E-state index contributed by atoms with van der Waals surface area (Å²) in [6, 6.07) is 9.52. The van der Waals surface area contributed by atoms with Gasteiger partial charge in [0, 0.05) is 29.6 Å². The van der Waals surface area contributed by atoms with Gasteiger partial charge in [0.1, 0.15) is 5.88 Å². The molecule has 3 rings (SSSR count). The summed E-state index contributed by atoms with van der Waals surface area (Å²) >= 11 is 5.82. The van der Waals surface area contributed by atoms with Gasteiger partial charge in [-0.1, -0.05) is 37.5 Å². The van der Waals surface area contributed by atoms with Gasteiger partial charge in [0.2, 0.25) is 11.5 Å². The van der Waals surface area contributed by atoms with Gasteiger partial charge >= 0.3 is 0 Å². The smallest absolute Gasteiger partial charge is 0.248 e. The van der Waals surface area contributed by atoms with Gasteiger partial charge in [-0.15, -0.1) is 11.6 Å². The van der Waals surface area contributed by atoms with Crippen LogP contribution < -0.4 is 5.56 Å². The van der Waals surface area contributed by atoms with Gasteiger partial charge in [0.25, 0.3) is 0 Å². The standard InChI is InChI=1S/C18H21ClN2O2/c19-11-18(23)21(14-6-2-1-3-7-14)12-13-10-17(22)20-16-9-5-4-8-15(13)16/h4-5,8-10,14H,1-3,6-7,11-12H2,(H,20,22). The van der Waals surface area contributed by atoms with Crippen LogP contribution >= 0.6 is 11.6 Å². The van der Waals surface area contributed by atoms with E-state index < -0.39 is 0 Å². The number of carbonyl (C=O) groups is 1. The van der Waals surface area contributed by atoms with Crippen molar-refractivity contribution in [3.05, 3.63) is 46.2 Å². The minimum Gasteiger partial charge on any atom is -0.334 e. The molecule has 0 radical (unpaired) electrons. The SMILES string of the molecule is O=C(CCl)N(Cc1cc(=O)[nH]c2ccccc12)C1CCCCC1. The van der Waals surface area contributed by atoms with Crippen LogP contribution in [0.15, 0.2) is 35.1 Å². The zero-order valence-corrected chi connectivity index (χ0v) is 13.8. The van der Waals surface area contributed by atoms with Crippen LogP contribution in [0.3, 0.4) is 0 Å². The second-order valence-corrected chi connectivity index (χ2v) is 6.42. The molecule has 0 unspecified atom stereocenters. The molecule has 1 N–H and O–H groups in total. The third-order valence-electron chi connectivity index (χ3n) is 4.63. The number of aromatic nitrogens is 1. The molecule has 0 saturated heterocycles. The molecule has 1 aromatic carbocycles. The van der Waals surface area contributed by atoms with E-state index in [0.29, 0.717) is 6.54 Å². The lowest BCUT2D eigenvalue weighted by Crippen LogP contribution is -2.41. The Balaban J connectivity index is 1.96. The summed E-state index contributed by atoms with van der Waals surface area (Å²) in [5.41, 5.74) is 1.55. The number of carbonyl (C=O) groups excluding carboxylic acids is 1. The monoisotopic (exact) mass is 332 g/mol. The number of fused-ring (bicyclic) bond motifs is 1. The number of aromatic amines is 1. The Kier molecular flexibility index (Phi) is 5.01. The van der Waals surface area contributed by atoms with E-state index in [9.17, 15) is 9.59 Å². The minimum absolute atomic E-state index is 0.0162. The van der Waals surface area contributed by atoms with Gasteiger partial charge in [0.05, 0.1) is 0 Å². The van der Waals surface area contributed by atoms with Crippen molar-refractivity contribution < 1.29 is 4.79 Å². The van der Waals surface area contributed by atoms with Crippen LogP contribution in [0, 0.1) is 0 Å². The Morgan fingerprint density at radius 2 is 1.96 bits per heavy atom. The van der Waals surface area contributed by atoms with Crippen molar-refractivity contribution >= 4 is 28.4 Å². The number of nitrogens with zero attached hydrogens (tertiary/aromatic N) is 1. The van der Waals surface area contributed by atoms with Crippen molar-refractivity contribution in [3.8, 4) is 0 Å². The Morgan fingerprint density at radius 3 is 2.70 bits per heavy atom. The molecule has 1 amide bonds. The topological polar surface area (TPSA) is 53.2 Å². The van der Waals surface area contributed by atoms with Crippen LogP contribution in [-0.4, -0.2) is 27.7 Å². The van der Waals surface area contributed by atoms with Crippen molar-refractivity contribution in [1.82, 2.24) is 9.88 Å². The Bertz CT molecular complexity index is 750. The third-order valence-corrected chi connectivity index (χ3v) is 4.86. The van der Waals surface area contributed by atoms with Gasteiger partial charge in [-0.2, -0.15) is 0 Å². The van der Waals surface area contributed by atoms with Gasteiger partial charge in [0.15, 0.2) is 0 Å². The molecule has 0 spiro atoms. The fourth-order valence-corrected chi connectivity index (χ4v) is 3.64. The number of halogens is 1. The molecule has 4 nitrogen and oxygen atoms in total. The number of hydrogen-bond acceptors (Lipinski definition) is 2. The molecule has 5 heteroatoms. The molecule has 2 aromatic rings. The van der Waals surface area contributed by atoms with E-state index in [1.807, 2.05) is 29.2 Å². The predicted molar refractivity (Wildman–Crippen MR) is 92.7 cm³/mol. The molecule has 0 atom stereocenters. The van der Waals surface area contributed by atoms with Crippen LogP contribution in [0.4, 0.5) is 0 Å². The first kappa shape index (κ1) is 16.1. The first-order valence-electron chi connectivity index (χ1n) is 8.15. The van der Waals surface area contributed by atoms with Gasteiger partial charge < -0.3 is 9.88 Å². The van der Waals surface area contributed by atoms with Crippen molar-refractivity contribution in [1.29, 1.82) is 0 Å². The second kappa shape index (κ2) is 7.18. The molecule has 0 bridgehead atoms. The van der Waals surface area contributed by atoms with E-state index in [1.165, 1.54) is 6.42 Å². The van der Waals surface area contributed by atoms with E-state index in [1.54, 1.807) is 6.07 Å². The highest BCUT2D eigenvalue weighted by molar-refractivity contribution is 6.27. The van der Waals surface area contributed by atoms with Crippen LogP contribution in [-0.2, 0) is 11.3 Å². The lowest BCUT2D eigenvalue weighted by molar-refractivity contribution is -0.132. The molecule has 1 heterocycles. The summed E-state index contributed by atoms with van der Waals surface area (Å²) < 4.78 is 0. The zero-order chi connectivity index (χ0) is 16.2. The highest BCUT2D eigenvalue weighted by Gasteiger charge is 2.25. The molecule has 0 aliphatic heterocycles. The molecule has 23 heavy (non-hydrogen) atoms. The number of H-pyrrole nitrogens is 1. The molecule has 1 aliphatic carbocycles. The number of nitrogens with one attached hydrogen (secondary N) is 1. The summed E-state index contributed by atoms with van der Waals surface area (Å²) in [4.78, 5) is 29.0. The predicted octanol–water partition coefficient (Wildman–Crippen LogP) is 3.43. The maximum atomic E-state index is 12.3. The molecule has 1 fully saturated rings. The summed E-state index contributed by atoms with van der Waals surface area (Å²) in [6.45, 7) is 0.445. The summed E-state index contributed by atoms with van der Waals surface area (Å²) in [5.74, 6) is -0.0691. The zero-order valence-electron chi connectivity index (χ0n) is 13.1. The molecule has 1 aliphatic rings. The number of alkyl halides is 1. The lowest BCUT2D eigenvalue weighted by Gasteiger charge is -2.34. The van der Waals surface area contributed by atoms with Crippen LogP contribution in [0.5, 0.6) is 0 Å².